The molecule has 2 aliphatic carbocycles. The van der Waals surface area contributed by atoms with E-state index in [0.29, 0.717) is 11.8 Å². The molecule has 0 saturated carbocycles. The molecule has 0 heterocycles. The normalized spacial score (nSPS) is 20.0. The van der Waals surface area contributed by atoms with Crippen LogP contribution in [0.2, 0.25) is 32.7 Å². The summed E-state index contributed by atoms with van der Waals surface area (Å²) in [6, 6.07) is 23.3. The molecule has 3 aromatic carbocycles. The van der Waals surface area contributed by atoms with Gasteiger partial charge in [-0.15, -0.1) is 0 Å². The van der Waals surface area contributed by atoms with Gasteiger partial charge < -0.3 is 0 Å². The average molecular weight is 726 g/mol. The molecule has 3 atom stereocenters. The van der Waals surface area contributed by atoms with Gasteiger partial charge in [-0.25, -0.2) is 0 Å². The Morgan fingerprint density at radius 1 is 0.791 bits per heavy atom. The first-order valence-electron chi connectivity index (χ1n) is 16.5. The van der Waals surface area contributed by atoms with Gasteiger partial charge in [-0.1, -0.05) is 0 Å². The second kappa shape index (κ2) is 12.0. The molecule has 0 saturated heterocycles. The molecule has 0 amide bonds. The van der Waals surface area contributed by atoms with Gasteiger partial charge in [0.05, 0.1) is 0 Å². The van der Waals surface area contributed by atoms with Crippen LogP contribution in [0.1, 0.15) is 88.4 Å². The number of halogens is 2. The Morgan fingerprint density at radius 2 is 1.40 bits per heavy atom. The summed E-state index contributed by atoms with van der Waals surface area (Å²) in [5.74, 6) is -0.668. The molecule has 3 unspecified atom stereocenters. The fourth-order valence-corrected chi connectivity index (χ4v) is 40.7. The van der Waals surface area contributed by atoms with Crippen molar-refractivity contribution >= 4 is 48.4 Å². The number of benzene rings is 3. The molecule has 5 heteroatoms. The van der Waals surface area contributed by atoms with Crippen LogP contribution < -0.4 is 5.19 Å². The Labute approximate surface area is 271 Å². The van der Waals surface area contributed by atoms with E-state index in [1.165, 1.54) is 55.3 Å². The SMILES string of the molecule is CCC1=Cc2c(-c3ccc([Si](C)(C)C)cc3)cccc2[CH]1[Zr]([Cl])([Cl])([CH]1C(C(C)C)=Cc2c(C(C)CC)cccc21)[SiH](C)C. The van der Waals surface area contributed by atoms with Crippen molar-refractivity contribution in [1.29, 1.82) is 0 Å². The molecular weight excluding hydrogens is 675 g/mol. The van der Waals surface area contributed by atoms with Gasteiger partial charge in [-0.2, -0.15) is 0 Å². The molecule has 0 radical (unpaired) electrons. The summed E-state index contributed by atoms with van der Waals surface area (Å²) in [5.41, 5.74) is 12.6. The van der Waals surface area contributed by atoms with Gasteiger partial charge >= 0.3 is 274 Å². The molecule has 0 aromatic heterocycles. The Morgan fingerprint density at radius 3 is 1.93 bits per heavy atom. The monoisotopic (exact) mass is 723 g/mol. The van der Waals surface area contributed by atoms with Gasteiger partial charge in [0.2, 0.25) is 0 Å². The molecule has 0 N–H and O–H groups in total. The van der Waals surface area contributed by atoms with Crippen LogP contribution in [0.15, 0.2) is 71.8 Å². The zero-order valence-corrected chi connectivity index (χ0v) is 34.1. The van der Waals surface area contributed by atoms with E-state index in [1.807, 2.05) is 0 Å². The van der Waals surface area contributed by atoms with Crippen molar-refractivity contribution in [1.82, 2.24) is 0 Å². The predicted octanol–water partition coefficient (Wildman–Crippen LogP) is 12.0. The van der Waals surface area contributed by atoms with Gasteiger partial charge in [0.25, 0.3) is 0 Å². The van der Waals surface area contributed by atoms with Gasteiger partial charge in [-0.3, -0.25) is 0 Å². The van der Waals surface area contributed by atoms with E-state index in [9.17, 15) is 0 Å². The Hall–Kier alpha value is -0.963. The third kappa shape index (κ3) is 5.46. The molecule has 43 heavy (non-hydrogen) atoms. The molecule has 0 aliphatic heterocycles. The fourth-order valence-electron chi connectivity index (χ4n) is 7.87. The zero-order chi connectivity index (χ0) is 31.5. The van der Waals surface area contributed by atoms with Crippen molar-refractivity contribution < 1.29 is 15.6 Å². The number of fused-ring (bicyclic) bond motifs is 2. The maximum atomic E-state index is 8.60. The van der Waals surface area contributed by atoms with Crippen LogP contribution >= 0.6 is 17.0 Å². The van der Waals surface area contributed by atoms with Crippen LogP contribution in [0.5, 0.6) is 0 Å². The summed E-state index contributed by atoms with van der Waals surface area (Å²) < 4.78 is 0.295. The van der Waals surface area contributed by atoms with Gasteiger partial charge in [-0.05, 0) is 0 Å². The first kappa shape index (κ1) is 33.4. The number of allylic oxidation sites excluding steroid dienone is 2. The first-order valence-corrected chi connectivity index (χ1v) is 36.3. The fraction of sp³-hybridized carbons (Fsp3) is 0.421. The third-order valence-electron chi connectivity index (χ3n) is 10.8. The molecule has 2 aliphatic rings. The molecule has 0 fully saturated rings. The first-order chi connectivity index (χ1) is 20.1. The molecule has 3 aromatic rings. The van der Waals surface area contributed by atoms with E-state index < -0.39 is 29.6 Å². The third-order valence-corrected chi connectivity index (χ3v) is 64.6. The van der Waals surface area contributed by atoms with Crippen molar-refractivity contribution in [2.24, 2.45) is 5.92 Å². The molecule has 229 valence electrons. The summed E-state index contributed by atoms with van der Waals surface area (Å²) in [6.45, 7) is 23.8. The quantitative estimate of drug-likeness (QED) is 0.193. The predicted molar refractivity (Wildman–Crippen MR) is 197 cm³/mol. The van der Waals surface area contributed by atoms with Crippen LogP contribution in [0.4, 0.5) is 0 Å². The van der Waals surface area contributed by atoms with Crippen molar-refractivity contribution in [2.45, 2.75) is 93.4 Å². The van der Waals surface area contributed by atoms with E-state index in [4.69, 9.17) is 17.0 Å². The molecule has 5 rings (SSSR count). The number of hydrogen-bond acceptors (Lipinski definition) is 0. The van der Waals surface area contributed by atoms with Gasteiger partial charge in [0.1, 0.15) is 0 Å². The molecule has 0 bridgehead atoms. The van der Waals surface area contributed by atoms with Gasteiger partial charge in [0.15, 0.2) is 0 Å². The van der Waals surface area contributed by atoms with E-state index in [0.717, 1.165) is 12.8 Å². The second-order valence-corrected chi connectivity index (χ2v) is 62.5. The maximum absolute atomic E-state index is 8.60. The Bertz CT molecular complexity index is 1590. The topological polar surface area (TPSA) is 0 Å². The van der Waals surface area contributed by atoms with Crippen LogP contribution in [0.3, 0.4) is 0 Å². The van der Waals surface area contributed by atoms with Crippen molar-refractivity contribution in [3.05, 3.63) is 99.6 Å². The zero-order valence-electron chi connectivity index (χ0n) is 28.0. The van der Waals surface area contributed by atoms with Crippen molar-refractivity contribution in [3.8, 4) is 11.1 Å². The van der Waals surface area contributed by atoms with E-state index in [2.05, 4.69) is 140 Å². The molecule has 0 nitrogen and oxygen atoms in total. The molecule has 0 spiro atoms. The standard InChI is InChI=1S/C20H23Si.C16H21.C2H7Si.2ClH.Zr/c1-5-15-13-17-7-6-8-19(20(17)14-15)16-9-11-18(12-10-16)21(2,3)4;1-5-12(4)15-8-6-7-13-9-14(11(2)3)10-16(13)15;1-3-2;;;/h6-14H,5H2,1-4H3;6-12H,5H2,1-4H3;3H,1-2H3;2*1H;/q;;;;;+2/p-2. The van der Waals surface area contributed by atoms with Crippen molar-refractivity contribution in [3.63, 3.8) is 0 Å². The number of hydrogen-bond donors (Lipinski definition) is 0. The Balaban J connectivity index is 1.74. The van der Waals surface area contributed by atoms with Crippen molar-refractivity contribution in [2.75, 3.05) is 0 Å². The number of rotatable bonds is 9. The Kier molecular flexibility index (Phi) is 9.32. The van der Waals surface area contributed by atoms with E-state index in [-0.39, 0.29) is 7.25 Å². The summed E-state index contributed by atoms with van der Waals surface area (Å²) >= 11 is -4.73. The minimum atomic E-state index is -4.73. The second-order valence-electron chi connectivity index (χ2n) is 14.9. The van der Waals surface area contributed by atoms with Crippen LogP contribution in [0.25, 0.3) is 23.3 Å². The van der Waals surface area contributed by atoms with E-state index >= 15 is 0 Å². The van der Waals surface area contributed by atoms with E-state index in [1.54, 1.807) is 0 Å². The summed E-state index contributed by atoms with van der Waals surface area (Å²) in [4.78, 5) is 0. The van der Waals surface area contributed by atoms with Gasteiger partial charge in [0, 0.05) is 0 Å². The van der Waals surface area contributed by atoms with Crippen LogP contribution in [-0.2, 0) is 15.6 Å². The minimum absolute atomic E-state index is 0.142. The summed E-state index contributed by atoms with van der Waals surface area (Å²) in [6.07, 6.45) is 7.11. The molecular formula is C38H51Cl2Si2Zr. The van der Waals surface area contributed by atoms with Crippen LogP contribution in [0, 0.1) is 5.92 Å². The average Bonchev–Trinajstić information content (AvgIpc) is 3.56. The summed E-state index contributed by atoms with van der Waals surface area (Å²) in [7, 11) is 15.8. The summed E-state index contributed by atoms with van der Waals surface area (Å²) in [5, 5.41) is 1.50. The van der Waals surface area contributed by atoms with Crippen LogP contribution in [-0.4, -0.2) is 14.0 Å².